The standard InChI is InChI=1S/C10H14N2O3S/c1-15-7-4-2-3-6(7)12-10-11-5-8(16-10)9(13)14/h5-7H,2-4H2,1H3,(H,11,12)(H,13,14). The van der Waals surface area contributed by atoms with Gasteiger partial charge >= 0.3 is 5.97 Å². The van der Waals surface area contributed by atoms with E-state index in [1.54, 1.807) is 7.11 Å². The lowest BCUT2D eigenvalue weighted by Crippen LogP contribution is -2.29. The van der Waals surface area contributed by atoms with E-state index in [0.29, 0.717) is 5.13 Å². The first-order valence-electron chi connectivity index (χ1n) is 5.19. The summed E-state index contributed by atoms with van der Waals surface area (Å²) in [4.78, 5) is 15.0. The summed E-state index contributed by atoms with van der Waals surface area (Å²) in [5, 5.41) is 12.7. The Bertz CT molecular complexity index is 380. The molecule has 1 aromatic heterocycles. The number of anilines is 1. The summed E-state index contributed by atoms with van der Waals surface area (Å²) in [6, 6.07) is 0.248. The number of carboxylic acid groups (broad SMARTS) is 1. The zero-order valence-electron chi connectivity index (χ0n) is 8.97. The molecule has 0 bridgehead atoms. The van der Waals surface area contributed by atoms with E-state index in [2.05, 4.69) is 10.3 Å². The monoisotopic (exact) mass is 242 g/mol. The van der Waals surface area contributed by atoms with Crippen LogP contribution in [0.25, 0.3) is 0 Å². The molecular weight excluding hydrogens is 228 g/mol. The van der Waals surface area contributed by atoms with E-state index in [9.17, 15) is 4.79 Å². The molecule has 2 rings (SSSR count). The lowest BCUT2D eigenvalue weighted by molar-refractivity contribution is 0.0702. The highest BCUT2D eigenvalue weighted by molar-refractivity contribution is 7.17. The Hall–Kier alpha value is -1.14. The SMILES string of the molecule is COC1CCCC1Nc1ncc(C(=O)O)s1. The van der Waals surface area contributed by atoms with Crippen molar-refractivity contribution in [1.82, 2.24) is 4.98 Å². The molecule has 2 N–H and O–H groups in total. The van der Waals surface area contributed by atoms with Gasteiger partial charge in [-0.15, -0.1) is 0 Å². The number of thiazole rings is 1. The van der Waals surface area contributed by atoms with Crippen LogP contribution in [0, 0.1) is 0 Å². The highest BCUT2D eigenvalue weighted by Gasteiger charge is 2.27. The summed E-state index contributed by atoms with van der Waals surface area (Å²) in [6.45, 7) is 0. The second-order valence-electron chi connectivity index (χ2n) is 3.79. The summed E-state index contributed by atoms with van der Waals surface area (Å²) in [5.74, 6) is -0.930. The zero-order chi connectivity index (χ0) is 11.5. The van der Waals surface area contributed by atoms with Crippen LogP contribution >= 0.6 is 11.3 Å². The van der Waals surface area contributed by atoms with Gasteiger partial charge < -0.3 is 15.2 Å². The van der Waals surface area contributed by atoms with Crippen molar-refractivity contribution in [1.29, 1.82) is 0 Å². The molecule has 88 valence electrons. The number of ether oxygens (including phenoxy) is 1. The van der Waals surface area contributed by atoms with E-state index in [1.165, 1.54) is 6.20 Å². The molecule has 1 aromatic rings. The molecule has 1 heterocycles. The number of carbonyl (C=O) groups is 1. The number of hydrogen-bond acceptors (Lipinski definition) is 5. The van der Waals surface area contributed by atoms with Gasteiger partial charge in [0, 0.05) is 7.11 Å². The number of aromatic nitrogens is 1. The van der Waals surface area contributed by atoms with Crippen molar-refractivity contribution in [3.63, 3.8) is 0 Å². The Kier molecular flexibility index (Phi) is 3.40. The summed E-state index contributed by atoms with van der Waals surface area (Å²) in [7, 11) is 1.70. The molecule has 5 nitrogen and oxygen atoms in total. The van der Waals surface area contributed by atoms with Crippen LogP contribution in [-0.4, -0.2) is 35.3 Å². The molecule has 1 aliphatic rings. The van der Waals surface area contributed by atoms with Gasteiger partial charge in [0.1, 0.15) is 4.88 Å². The average molecular weight is 242 g/mol. The minimum Gasteiger partial charge on any atom is -0.477 e. The van der Waals surface area contributed by atoms with Gasteiger partial charge in [-0.1, -0.05) is 11.3 Å². The predicted molar refractivity (Wildman–Crippen MR) is 61.1 cm³/mol. The van der Waals surface area contributed by atoms with Gasteiger partial charge in [-0.05, 0) is 19.3 Å². The van der Waals surface area contributed by atoms with Crippen molar-refractivity contribution in [3.8, 4) is 0 Å². The molecule has 0 amide bonds. The van der Waals surface area contributed by atoms with Crippen molar-refractivity contribution in [3.05, 3.63) is 11.1 Å². The minimum atomic E-state index is -0.930. The molecule has 2 unspecified atom stereocenters. The van der Waals surface area contributed by atoms with Crippen molar-refractivity contribution in [2.75, 3.05) is 12.4 Å². The van der Waals surface area contributed by atoms with E-state index in [0.717, 1.165) is 30.6 Å². The molecule has 1 fully saturated rings. The third-order valence-corrected chi connectivity index (χ3v) is 3.70. The number of rotatable bonds is 4. The summed E-state index contributed by atoms with van der Waals surface area (Å²) in [5.41, 5.74) is 0. The molecule has 0 radical (unpaired) electrons. The van der Waals surface area contributed by atoms with E-state index in [4.69, 9.17) is 9.84 Å². The zero-order valence-corrected chi connectivity index (χ0v) is 9.79. The lowest BCUT2D eigenvalue weighted by Gasteiger charge is -2.18. The maximum Gasteiger partial charge on any atom is 0.347 e. The maximum absolute atomic E-state index is 10.7. The molecule has 1 aliphatic carbocycles. The Morgan fingerprint density at radius 3 is 3.12 bits per heavy atom. The first-order chi connectivity index (χ1) is 7.70. The summed E-state index contributed by atoms with van der Waals surface area (Å²) < 4.78 is 5.35. The smallest absolute Gasteiger partial charge is 0.347 e. The highest BCUT2D eigenvalue weighted by Crippen LogP contribution is 2.27. The number of nitrogens with zero attached hydrogens (tertiary/aromatic N) is 1. The van der Waals surface area contributed by atoms with Crippen LogP contribution in [0.1, 0.15) is 28.9 Å². The molecule has 2 atom stereocenters. The van der Waals surface area contributed by atoms with Gasteiger partial charge in [-0.2, -0.15) is 0 Å². The van der Waals surface area contributed by atoms with Crippen LogP contribution < -0.4 is 5.32 Å². The van der Waals surface area contributed by atoms with Gasteiger partial charge in [0.15, 0.2) is 5.13 Å². The first kappa shape index (κ1) is 11.3. The number of aromatic carboxylic acids is 1. The Balaban J connectivity index is 2.00. The highest BCUT2D eigenvalue weighted by atomic mass is 32.1. The predicted octanol–water partition coefficient (Wildman–Crippen LogP) is 1.82. The van der Waals surface area contributed by atoms with Gasteiger partial charge in [0.05, 0.1) is 18.3 Å². The van der Waals surface area contributed by atoms with Gasteiger partial charge in [0.2, 0.25) is 0 Å². The van der Waals surface area contributed by atoms with Crippen molar-refractivity contribution in [2.24, 2.45) is 0 Å². The third kappa shape index (κ3) is 2.33. The summed E-state index contributed by atoms with van der Waals surface area (Å²) >= 11 is 1.16. The molecule has 6 heteroatoms. The van der Waals surface area contributed by atoms with Crippen LogP contribution in [0.2, 0.25) is 0 Å². The lowest BCUT2D eigenvalue weighted by atomic mass is 10.2. The van der Waals surface area contributed by atoms with Crippen molar-refractivity contribution in [2.45, 2.75) is 31.4 Å². The summed E-state index contributed by atoms with van der Waals surface area (Å²) in [6.07, 6.45) is 4.81. The molecule has 0 spiro atoms. The Morgan fingerprint density at radius 2 is 2.50 bits per heavy atom. The first-order valence-corrected chi connectivity index (χ1v) is 6.01. The van der Waals surface area contributed by atoms with Crippen molar-refractivity contribution >= 4 is 22.4 Å². The fourth-order valence-electron chi connectivity index (χ4n) is 1.97. The van der Waals surface area contributed by atoms with Crippen LogP contribution in [0.15, 0.2) is 6.20 Å². The average Bonchev–Trinajstić information content (AvgIpc) is 2.87. The second-order valence-corrected chi connectivity index (χ2v) is 4.82. The molecule has 0 aliphatic heterocycles. The normalized spacial score (nSPS) is 24.6. The largest absolute Gasteiger partial charge is 0.477 e. The van der Waals surface area contributed by atoms with Gasteiger partial charge in [-0.3, -0.25) is 0 Å². The van der Waals surface area contributed by atoms with Crippen LogP contribution in [0.5, 0.6) is 0 Å². The number of hydrogen-bond donors (Lipinski definition) is 2. The van der Waals surface area contributed by atoms with Crippen molar-refractivity contribution < 1.29 is 14.6 Å². The minimum absolute atomic E-state index is 0.206. The quantitative estimate of drug-likeness (QED) is 0.842. The molecule has 0 aromatic carbocycles. The third-order valence-electron chi connectivity index (χ3n) is 2.78. The van der Waals surface area contributed by atoms with Gasteiger partial charge in [0.25, 0.3) is 0 Å². The van der Waals surface area contributed by atoms with Crippen LogP contribution in [0.3, 0.4) is 0 Å². The van der Waals surface area contributed by atoms with Crippen LogP contribution in [0.4, 0.5) is 5.13 Å². The molecule has 16 heavy (non-hydrogen) atoms. The molecular formula is C10H14N2O3S. The van der Waals surface area contributed by atoms with E-state index in [1.807, 2.05) is 0 Å². The van der Waals surface area contributed by atoms with E-state index in [-0.39, 0.29) is 17.0 Å². The van der Waals surface area contributed by atoms with E-state index < -0.39 is 5.97 Å². The number of methoxy groups -OCH3 is 1. The topological polar surface area (TPSA) is 71.5 Å². The van der Waals surface area contributed by atoms with E-state index >= 15 is 0 Å². The molecule has 0 saturated heterocycles. The van der Waals surface area contributed by atoms with Crippen LogP contribution in [-0.2, 0) is 4.74 Å². The fraction of sp³-hybridized carbons (Fsp3) is 0.600. The number of nitrogens with one attached hydrogen (secondary N) is 1. The fourth-order valence-corrected chi connectivity index (χ4v) is 2.69. The Morgan fingerprint density at radius 1 is 1.69 bits per heavy atom. The van der Waals surface area contributed by atoms with Gasteiger partial charge in [-0.25, -0.2) is 9.78 Å². The maximum atomic E-state index is 10.7. The molecule has 1 saturated carbocycles. The second kappa shape index (κ2) is 4.80. The number of carboxylic acids is 1. The Labute approximate surface area is 97.5 Å².